The van der Waals surface area contributed by atoms with Crippen LogP contribution in [-0.4, -0.2) is 70.7 Å². The van der Waals surface area contributed by atoms with E-state index in [0.717, 1.165) is 0 Å². The molecule has 2 atom stereocenters. The standard InChI is InChI=1S/C26H25Cl2N7O5/c1-4-19(36)32-14-5-6-40-11-15(14)33-26-31-9-12-7-13(20-21(27)17(38-2)8-18(39-3)22(20)28)25-30-10-16(23(29)37)35(25)24(12)34-26/h4,7-10,14-15H,1,5-6,11H2,2-3H3,(H2,29,37)(H,32,36)(H,31,33,34)/t14-,15+/m0/s1. The van der Waals surface area contributed by atoms with Gasteiger partial charge in [0.2, 0.25) is 11.9 Å². The van der Waals surface area contributed by atoms with Crippen LogP contribution in [0.15, 0.2) is 37.2 Å². The van der Waals surface area contributed by atoms with E-state index in [1.807, 2.05) is 0 Å². The van der Waals surface area contributed by atoms with Crippen molar-refractivity contribution in [3.8, 4) is 22.6 Å². The van der Waals surface area contributed by atoms with Crippen LogP contribution in [-0.2, 0) is 9.53 Å². The maximum atomic E-state index is 12.4. The van der Waals surface area contributed by atoms with Crippen LogP contribution in [0.3, 0.4) is 0 Å². The number of halogens is 2. The lowest BCUT2D eigenvalue weighted by molar-refractivity contribution is -0.117. The maximum absolute atomic E-state index is 12.4. The van der Waals surface area contributed by atoms with Gasteiger partial charge in [-0.25, -0.2) is 9.97 Å². The van der Waals surface area contributed by atoms with Crippen molar-refractivity contribution in [2.45, 2.75) is 18.5 Å². The summed E-state index contributed by atoms with van der Waals surface area (Å²) in [4.78, 5) is 38.0. The number of amides is 2. The highest BCUT2D eigenvalue weighted by molar-refractivity contribution is 6.41. The fourth-order valence-corrected chi connectivity index (χ4v) is 5.35. The third-order valence-corrected chi connectivity index (χ3v) is 7.34. The number of anilines is 1. The SMILES string of the molecule is C=CC(=O)N[C@H]1CCOC[C@H]1Nc1ncc2cc(-c3c(Cl)c(OC)cc(OC)c3Cl)c3ncc(C(N)=O)n3c2n1. The number of nitrogens with one attached hydrogen (secondary N) is 2. The van der Waals surface area contributed by atoms with Crippen LogP contribution in [0.1, 0.15) is 16.9 Å². The number of nitrogens with two attached hydrogens (primary N) is 1. The average molecular weight is 586 g/mol. The number of methoxy groups -OCH3 is 2. The van der Waals surface area contributed by atoms with Crippen LogP contribution >= 0.6 is 23.2 Å². The highest BCUT2D eigenvalue weighted by Gasteiger charge is 2.28. The number of nitrogens with zero attached hydrogens (tertiary/aromatic N) is 4. The van der Waals surface area contributed by atoms with Gasteiger partial charge >= 0.3 is 0 Å². The van der Waals surface area contributed by atoms with Gasteiger partial charge in [-0.05, 0) is 18.6 Å². The van der Waals surface area contributed by atoms with Gasteiger partial charge in [-0.2, -0.15) is 4.98 Å². The number of pyridine rings is 1. The summed E-state index contributed by atoms with van der Waals surface area (Å²) in [6.45, 7) is 4.33. The molecule has 1 fully saturated rings. The summed E-state index contributed by atoms with van der Waals surface area (Å²) in [6.07, 6.45) is 4.74. The molecule has 1 aliphatic rings. The fourth-order valence-electron chi connectivity index (χ4n) is 4.65. The highest BCUT2D eigenvalue weighted by Crippen LogP contribution is 2.47. The molecule has 4 N–H and O–H groups in total. The lowest BCUT2D eigenvalue weighted by Gasteiger charge is -2.32. The van der Waals surface area contributed by atoms with Crippen LogP contribution in [0.25, 0.3) is 27.8 Å². The number of rotatable bonds is 8. The Bertz CT molecular complexity index is 1630. The van der Waals surface area contributed by atoms with Crippen LogP contribution in [0.5, 0.6) is 11.5 Å². The number of hydrogen-bond donors (Lipinski definition) is 3. The second-order valence-electron chi connectivity index (χ2n) is 8.91. The first-order chi connectivity index (χ1) is 19.3. The van der Waals surface area contributed by atoms with E-state index < -0.39 is 5.91 Å². The first-order valence-corrected chi connectivity index (χ1v) is 12.9. The molecule has 0 saturated carbocycles. The quantitative estimate of drug-likeness (QED) is 0.264. The van der Waals surface area contributed by atoms with E-state index in [9.17, 15) is 9.59 Å². The van der Waals surface area contributed by atoms with Gasteiger partial charge in [-0.1, -0.05) is 29.8 Å². The maximum Gasteiger partial charge on any atom is 0.267 e. The Morgan fingerprint density at radius 1 is 1.12 bits per heavy atom. The summed E-state index contributed by atoms with van der Waals surface area (Å²) in [5.74, 6) is -0.0863. The van der Waals surface area contributed by atoms with Crippen molar-refractivity contribution in [2.24, 2.45) is 5.73 Å². The summed E-state index contributed by atoms with van der Waals surface area (Å²) in [7, 11) is 2.95. The summed E-state index contributed by atoms with van der Waals surface area (Å²) in [6, 6.07) is 2.79. The number of carbonyl (C=O) groups is 2. The second kappa shape index (κ2) is 11.2. The summed E-state index contributed by atoms with van der Waals surface area (Å²) >= 11 is 13.4. The van der Waals surface area contributed by atoms with Crippen LogP contribution < -0.4 is 25.8 Å². The molecule has 40 heavy (non-hydrogen) atoms. The van der Waals surface area contributed by atoms with E-state index >= 15 is 0 Å². The predicted octanol–water partition coefficient (Wildman–Crippen LogP) is 3.24. The van der Waals surface area contributed by atoms with Crippen molar-refractivity contribution in [3.63, 3.8) is 0 Å². The van der Waals surface area contributed by atoms with Gasteiger partial charge in [0.25, 0.3) is 5.91 Å². The lowest BCUT2D eigenvalue weighted by atomic mass is 10.0. The Kier molecular flexibility index (Phi) is 7.66. The Hall–Kier alpha value is -4.13. The highest BCUT2D eigenvalue weighted by atomic mass is 35.5. The molecular weight excluding hydrogens is 561 g/mol. The zero-order chi connectivity index (χ0) is 28.6. The molecule has 0 unspecified atom stereocenters. The normalized spacial score (nSPS) is 17.0. The van der Waals surface area contributed by atoms with Crippen molar-refractivity contribution in [3.05, 3.63) is 52.9 Å². The van der Waals surface area contributed by atoms with Crippen molar-refractivity contribution >= 4 is 57.6 Å². The molecule has 208 valence electrons. The van der Waals surface area contributed by atoms with Gasteiger partial charge in [0.05, 0.1) is 49.2 Å². The second-order valence-corrected chi connectivity index (χ2v) is 9.67. The number of aromatic nitrogens is 4. The molecule has 1 aliphatic heterocycles. The third kappa shape index (κ3) is 4.85. The first-order valence-electron chi connectivity index (χ1n) is 12.1. The molecule has 1 saturated heterocycles. The molecule has 0 spiro atoms. The number of fused-ring (bicyclic) bond motifs is 3. The number of primary amides is 1. The minimum Gasteiger partial charge on any atom is -0.495 e. The fraction of sp³-hybridized carbons (Fsp3) is 0.269. The Morgan fingerprint density at radius 2 is 1.85 bits per heavy atom. The van der Waals surface area contributed by atoms with E-state index in [4.69, 9.17) is 43.1 Å². The molecule has 0 aliphatic carbocycles. The first kappa shape index (κ1) is 27.4. The number of benzene rings is 1. The van der Waals surface area contributed by atoms with Crippen molar-refractivity contribution in [1.29, 1.82) is 0 Å². The zero-order valence-corrected chi connectivity index (χ0v) is 23.0. The molecule has 0 bridgehead atoms. The lowest BCUT2D eigenvalue weighted by Crippen LogP contribution is -2.52. The van der Waals surface area contributed by atoms with Gasteiger partial charge < -0.3 is 30.6 Å². The number of hydrogen-bond acceptors (Lipinski definition) is 9. The summed E-state index contributed by atoms with van der Waals surface area (Å²) < 4.78 is 18.0. The van der Waals surface area contributed by atoms with Crippen LogP contribution in [0.2, 0.25) is 10.0 Å². The molecule has 1 aromatic carbocycles. The number of ether oxygens (including phenoxy) is 3. The van der Waals surface area contributed by atoms with Gasteiger partial charge in [0.1, 0.15) is 22.8 Å². The van der Waals surface area contributed by atoms with E-state index in [1.54, 1.807) is 18.3 Å². The molecule has 0 radical (unpaired) electrons. The minimum absolute atomic E-state index is 0.0886. The Labute approximate surface area is 238 Å². The number of imidazole rings is 1. The van der Waals surface area contributed by atoms with E-state index in [1.165, 1.54) is 30.9 Å². The Balaban J connectivity index is 1.68. The summed E-state index contributed by atoms with van der Waals surface area (Å²) in [5.41, 5.74) is 7.33. The van der Waals surface area contributed by atoms with Crippen molar-refractivity contribution in [1.82, 2.24) is 24.7 Å². The molecular formula is C26H25Cl2N7O5. The zero-order valence-electron chi connectivity index (χ0n) is 21.5. The van der Waals surface area contributed by atoms with Crippen LogP contribution in [0.4, 0.5) is 5.95 Å². The Morgan fingerprint density at radius 3 is 2.50 bits per heavy atom. The topological polar surface area (TPSA) is 155 Å². The average Bonchev–Trinajstić information content (AvgIpc) is 3.41. The molecule has 14 heteroatoms. The minimum atomic E-state index is -0.715. The van der Waals surface area contributed by atoms with E-state index in [0.29, 0.717) is 58.9 Å². The monoisotopic (exact) mass is 585 g/mol. The number of carbonyl (C=O) groups excluding carboxylic acids is 2. The largest absolute Gasteiger partial charge is 0.495 e. The molecule has 2 amide bonds. The van der Waals surface area contributed by atoms with E-state index in [2.05, 4.69) is 32.2 Å². The predicted molar refractivity (Wildman–Crippen MR) is 150 cm³/mol. The van der Waals surface area contributed by atoms with Gasteiger partial charge in [-0.15, -0.1) is 0 Å². The van der Waals surface area contributed by atoms with Crippen LogP contribution in [0, 0.1) is 0 Å². The van der Waals surface area contributed by atoms with Crippen molar-refractivity contribution < 1.29 is 23.8 Å². The molecule has 4 heterocycles. The molecule has 12 nitrogen and oxygen atoms in total. The molecule has 5 rings (SSSR count). The molecule has 3 aromatic heterocycles. The van der Waals surface area contributed by atoms with E-state index in [-0.39, 0.29) is 39.7 Å². The molecule has 4 aromatic rings. The van der Waals surface area contributed by atoms with Gasteiger partial charge in [-0.3, -0.25) is 14.0 Å². The van der Waals surface area contributed by atoms with Gasteiger partial charge in [0.15, 0.2) is 5.65 Å². The third-order valence-electron chi connectivity index (χ3n) is 6.59. The smallest absolute Gasteiger partial charge is 0.267 e. The van der Waals surface area contributed by atoms with Crippen molar-refractivity contribution in [2.75, 3.05) is 32.8 Å². The summed E-state index contributed by atoms with van der Waals surface area (Å²) in [5, 5.41) is 7.12. The van der Waals surface area contributed by atoms with Gasteiger partial charge in [0, 0.05) is 35.4 Å².